The van der Waals surface area contributed by atoms with Crippen LogP contribution in [0.2, 0.25) is 0 Å². The number of benzene rings is 1. The van der Waals surface area contributed by atoms with E-state index in [2.05, 4.69) is 12.1 Å². The van der Waals surface area contributed by atoms with Gasteiger partial charge in [0.2, 0.25) is 0 Å². The fourth-order valence-electron chi connectivity index (χ4n) is 2.26. The summed E-state index contributed by atoms with van der Waals surface area (Å²) in [5, 5.41) is 0. The molecule has 0 bridgehead atoms. The van der Waals surface area contributed by atoms with E-state index in [1.165, 1.54) is 24.8 Å². The predicted octanol–water partition coefficient (Wildman–Crippen LogP) is 3.49. The molecular formula is C14H20FN. The molecule has 0 aromatic heterocycles. The molecule has 1 atom stereocenters. The normalized spacial score (nSPS) is 20.2. The Hall–Kier alpha value is -0.890. The molecule has 0 aliphatic heterocycles. The molecule has 16 heavy (non-hydrogen) atoms. The lowest BCUT2D eigenvalue weighted by atomic mass is 9.79. The molecule has 1 aliphatic carbocycles. The third kappa shape index (κ3) is 1.99. The van der Waals surface area contributed by atoms with Crippen LogP contribution in [0.4, 0.5) is 4.39 Å². The average molecular weight is 221 g/mol. The van der Waals surface area contributed by atoms with E-state index in [0.29, 0.717) is 12.3 Å². The molecule has 1 fully saturated rings. The second-order valence-electron chi connectivity index (χ2n) is 4.77. The Morgan fingerprint density at radius 3 is 2.31 bits per heavy atom. The van der Waals surface area contributed by atoms with Crippen molar-refractivity contribution in [2.75, 3.05) is 6.54 Å². The first-order valence-corrected chi connectivity index (χ1v) is 6.19. The van der Waals surface area contributed by atoms with E-state index in [9.17, 15) is 4.39 Å². The fraction of sp³-hybridized carbons (Fsp3) is 0.571. The summed E-state index contributed by atoms with van der Waals surface area (Å²) in [6, 6.07) is 7.95. The van der Waals surface area contributed by atoms with Gasteiger partial charge in [0.05, 0.1) is 0 Å². The Kier molecular flexibility index (Phi) is 3.29. The van der Waals surface area contributed by atoms with E-state index in [1.54, 1.807) is 0 Å². The second kappa shape index (κ2) is 4.54. The minimum absolute atomic E-state index is 0.0618. The molecule has 88 valence electrons. The topological polar surface area (TPSA) is 26.0 Å². The monoisotopic (exact) mass is 221 g/mol. The third-order valence-electron chi connectivity index (χ3n) is 3.89. The molecule has 1 nitrogen and oxygen atoms in total. The first-order valence-electron chi connectivity index (χ1n) is 6.19. The molecule has 0 amide bonds. The summed E-state index contributed by atoms with van der Waals surface area (Å²) in [5.41, 5.74) is 6.24. The van der Waals surface area contributed by atoms with E-state index in [-0.39, 0.29) is 6.54 Å². The smallest absolute Gasteiger partial charge is 0.147 e. The lowest BCUT2D eigenvalue weighted by molar-refractivity contribution is 0.169. The maximum Gasteiger partial charge on any atom is 0.147 e. The second-order valence-corrected chi connectivity index (χ2v) is 4.77. The molecule has 0 spiro atoms. The quantitative estimate of drug-likeness (QED) is 0.827. The van der Waals surface area contributed by atoms with Crippen molar-refractivity contribution in [1.29, 1.82) is 0 Å². The van der Waals surface area contributed by atoms with Gasteiger partial charge >= 0.3 is 0 Å². The lowest BCUT2D eigenvalue weighted by Gasteiger charge is -2.27. The van der Waals surface area contributed by atoms with E-state index < -0.39 is 5.67 Å². The molecular weight excluding hydrogens is 201 g/mol. The summed E-state index contributed by atoms with van der Waals surface area (Å²) in [7, 11) is 0. The van der Waals surface area contributed by atoms with Gasteiger partial charge in [-0.25, -0.2) is 4.39 Å². The van der Waals surface area contributed by atoms with E-state index in [0.717, 1.165) is 5.56 Å². The zero-order chi connectivity index (χ0) is 11.6. The van der Waals surface area contributed by atoms with Gasteiger partial charge in [0.25, 0.3) is 0 Å². The van der Waals surface area contributed by atoms with Crippen molar-refractivity contribution in [3.8, 4) is 0 Å². The van der Waals surface area contributed by atoms with Crippen molar-refractivity contribution in [1.82, 2.24) is 0 Å². The summed E-state index contributed by atoms with van der Waals surface area (Å²) >= 11 is 0. The molecule has 0 radical (unpaired) electrons. The van der Waals surface area contributed by atoms with Gasteiger partial charge in [-0.1, -0.05) is 37.6 Å². The van der Waals surface area contributed by atoms with Gasteiger partial charge in [0.15, 0.2) is 0 Å². The first-order chi connectivity index (χ1) is 7.69. The number of rotatable bonds is 4. The third-order valence-corrected chi connectivity index (χ3v) is 3.89. The summed E-state index contributed by atoms with van der Waals surface area (Å²) in [4.78, 5) is 0. The molecule has 1 unspecified atom stereocenters. The highest BCUT2D eigenvalue weighted by molar-refractivity contribution is 5.30. The van der Waals surface area contributed by atoms with Crippen LogP contribution in [0.15, 0.2) is 24.3 Å². The predicted molar refractivity (Wildman–Crippen MR) is 65.2 cm³/mol. The van der Waals surface area contributed by atoms with Crippen molar-refractivity contribution in [3.05, 3.63) is 35.4 Å². The largest absolute Gasteiger partial charge is 0.327 e. The zero-order valence-electron chi connectivity index (χ0n) is 9.88. The van der Waals surface area contributed by atoms with E-state index >= 15 is 0 Å². The highest BCUT2D eigenvalue weighted by atomic mass is 19.1. The summed E-state index contributed by atoms with van der Waals surface area (Å²) < 4.78 is 14.3. The van der Waals surface area contributed by atoms with Gasteiger partial charge in [-0.15, -0.1) is 0 Å². The molecule has 2 N–H and O–H groups in total. The van der Waals surface area contributed by atoms with Gasteiger partial charge in [0, 0.05) is 6.54 Å². The Balaban J connectivity index is 2.17. The van der Waals surface area contributed by atoms with Gasteiger partial charge in [-0.05, 0) is 36.3 Å². The maximum atomic E-state index is 14.3. The number of hydrogen-bond acceptors (Lipinski definition) is 1. The lowest BCUT2D eigenvalue weighted by Crippen LogP contribution is -2.29. The molecule has 2 rings (SSSR count). The van der Waals surface area contributed by atoms with Crippen LogP contribution in [0.1, 0.15) is 49.7 Å². The molecule has 1 aliphatic rings. The summed E-state index contributed by atoms with van der Waals surface area (Å²) in [5.74, 6) is 0.711. The molecule has 1 aromatic carbocycles. The van der Waals surface area contributed by atoms with Crippen molar-refractivity contribution in [2.45, 2.75) is 44.2 Å². The Morgan fingerprint density at radius 1 is 1.31 bits per heavy atom. The molecule has 0 heterocycles. The van der Waals surface area contributed by atoms with Crippen LogP contribution in [0.25, 0.3) is 0 Å². The number of halogens is 1. The van der Waals surface area contributed by atoms with Crippen molar-refractivity contribution < 1.29 is 4.39 Å². The van der Waals surface area contributed by atoms with Gasteiger partial charge < -0.3 is 5.73 Å². The number of alkyl halides is 1. The van der Waals surface area contributed by atoms with Crippen LogP contribution >= 0.6 is 0 Å². The average Bonchev–Trinajstić information content (AvgIpc) is 2.27. The molecule has 2 heteroatoms. The summed E-state index contributed by atoms with van der Waals surface area (Å²) in [6.45, 7) is 1.90. The highest BCUT2D eigenvalue weighted by Gasteiger charge is 2.28. The van der Waals surface area contributed by atoms with E-state index in [1.807, 2.05) is 19.1 Å². The molecule has 1 saturated carbocycles. The van der Waals surface area contributed by atoms with Crippen molar-refractivity contribution >= 4 is 0 Å². The van der Waals surface area contributed by atoms with Crippen LogP contribution in [-0.2, 0) is 5.67 Å². The Bertz CT molecular complexity index is 336. The first kappa shape index (κ1) is 11.6. The van der Waals surface area contributed by atoms with Crippen LogP contribution in [0, 0.1) is 0 Å². The van der Waals surface area contributed by atoms with Crippen LogP contribution in [-0.4, -0.2) is 6.54 Å². The van der Waals surface area contributed by atoms with Gasteiger partial charge in [-0.2, -0.15) is 0 Å². The Morgan fingerprint density at radius 2 is 1.94 bits per heavy atom. The molecule has 1 aromatic rings. The van der Waals surface area contributed by atoms with E-state index in [4.69, 9.17) is 5.73 Å². The van der Waals surface area contributed by atoms with Crippen LogP contribution < -0.4 is 5.73 Å². The van der Waals surface area contributed by atoms with Gasteiger partial charge in [-0.3, -0.25) is 0 Å². The SMILES string of the molecule is CCC(F)(CN)c1ccc(C2CCC2)cc1. The fourth-order valence-corrected chi connectivity index (χ4v) is 2.26. The maximum absolute atomic E-state index is 14.3. The standard InChI is InChI=1S/C14H20FN/c1-2-14(15,10-16)13-8-6-12(7-9-13)11-4-3-5-11/h6-9,11H,2-5,10,16H2,1H3. The zero-order valence-corrected chi connectivity index (χ0v) is 9.88. The number of hydrogen-bond donors (Lipinski definition) is 1. The minimum atomic E-state index is -1.35. The van der Waals surface area contributed by atoms with Crippen LogP contribution in [0.3, 0.4) is 0 Å². The number of nitrogens with two attached hydrogens (primary N) is 1. The minimum Gasteiger partial charge on any atom is -0.327 e. The Labute approximate surface area is 96.9 Å². The highest BCUT2D eigenvalue weighted by Crippen LogP contribution is 2.37. The summed E-state index contributed by atoms with van der Waals surface area (Å²) in [6.07, 6.45) is 4.33. The molecule has 0 saturated heterocycles. The van der Waals surface area contributed by atoms with Crippen LogP contribution in [0.5, 0.6) is 0 Å². The van der Waals surface area contributed by atoms with Crippen molar-refractivity contribution in [3.63, 3.8) is 0 Å². The van der Waals surface area contributed by atoms with Gasteiger partial charge in [0.1, 0.15) is 5.67 Å². The van der Waals surface area contributed by atoms with Crippen molar-refractivity contribution in [2.24, 2.45) is 5.73 Å².